The minimum atomic E-state index is -0.653. The number of nitrogens with one attached hydrogen (secondary N) is 1. The summed E-state index contributed by atoms with van der Waals surface area (Å²) in [6.45, 7) is 0.357. The van der Waals surface area contributed by atoms with Crippen molar-refractivity contribution in [3.8, 4) is 0 Å². The number of aryl methyl sites for hydroxylation is 1. The highest BCUT2D eigenvalue weighted by Crippen LogP contribution is 2.20. The van der Waals surface area contributed by atoms with Crippen molar-refractivity contribution >= 4 is 11.4 Å². The van der Waals surface area contributed by atoms with E-state index in [1.54, 1.807) is 24.0 Å². The van der Waals surface area contributed by atoms with Gasteiger partial charge in [-0.3, -0.25) is 14.8 Å². The van der Waals surface area contributed by atoms with Gasteiger partial charge in [0.25, 0.3) is 5.69 Å². The fraction of sp³-hybridized carbons (Fsp3) is 0.182. The van der Waals surface area contributed by atoms with Gasteiger partial charge < -0.3 is 5.32 Å². The topological polar surface area (TPSA) is 73.0 Å². The van der Waals surface area contributed by atoms with Crippen molar-refractivity contribution in [2.75, 3.05) is 5.32 Å². The number of hydrogen-bond acceptors (Lipinski definition) is 4. The molecule has 94 valence electrons. The molecule has 7 heteroatoms. The second kappa shape index (κ2) is 4.82. The smallest absolute Gasteiger partial charge is 0.272 e. The quantitative estimate of drug-likeness (QED) is 0.666. The van der Waals surface area contributed by atoms with Gasteiger partial charge in [-0.05, 0) is 12.1 Å². The lowest BCUT2D eigenvalue weighted by atomic mass is 10.2. The first-order valence-corrected chi connectivity index (χ1v) is 5.22. The lowest BCUT2D eigenvalue weighted by Crippen LogP contribution is -2.03. The summed E-state index contributed by atoms with van der Waals surface area (Å²) < 4.78 is 15.2. The maximum Gasteiger partial charge on any atom is 0.272 e. The maximum atomic E-state index is 13.5. The number of rotatable bonds is 4. The summed E-state index contributed by atoms with van der Waals surface area (Å²) in [6.07, 6.45) is 1.78. The molecule has 0 aliphatic rings. The van der Waals surface area contributed by atoms with Gasteiger partial charge in [-0.1, -0.05) is 0 Å². The number of halogens is 1. The van der Waals surface area contributed by atoms with Crippen LogP contribution in [0, 0.1) is 15.9 Å². The Morgan fingerprint density at radius 3 is 2.83 bits per heavy atom. The molecule has 0 radical (unpaired) electrons. The molecule has 0 amide bonds. The minimum Gasteiger partial charge on any atom is -0.377 e. The fourth-order valence-electron chi connectivity index (χ4n) is 1.50. The SMILES string of the molecule is Cn1ccc(CNc2ccc([N+](=O)[O-])cc2F)n1. The molecular weight excluding hydrogens is 239 g/mol. The molecule has 0 unspecified atom stereocenters. The molecule has 0 aliphatic heterocycles. The number of non-ortho nitro benzene ring substituents is 1. The second-order valence-corrected chi connectivity index (χ2v) is 3.76. The Morgan fingerprint density at radius 2 is 2.28 bits per heavy atom. The van der Waals surface area contributed by atoms with Crippen LogP contribution in [0.4, 0.5) is 15.8 Å². The first-order valence-electron chi connectivity index (χ1n) is 5.22. The fourth-order valence-corrected chi connectivity index (χ4v) is 1.50. The molecule has 18 heavy (non-hydrogen) atoms. The lowest BCUT2D eigenvalue weighted by Gasteiger charge is -2.05. The van der Waals surface area contributed by atoms with E-state index in [0.29, 0.717) is 6.54 Å². The Labute approximate surface area is 102 Å². The molecule has 0 aliphatic carbocycles. The van der Waals surface area contributed by atoms with E-state index in [1.165, 1.54) is 12.1 Å². The Bertz CT molecular complexity index is 582. The third-order valence-electron chi connectivity index (χ3n) is 2.39. The highest BCUT2D eigenvalue weighted by molar-refractivity contribution is 5.50. The van der Waals surface area contributed by atoms with Gasteiger partial charge in [-0.15, -0.1) is 0 Å². The molecule has 1 heterocycles. The zero-order chi connectivity index (χ0) is 13.1. The summed E-state index contributed by atoms with van der Waals surface area (Å²) in [6, 6.07) is 5.29. The van der Waals surface area contributed by atoms with Gasteiger partial charge in [0.15, 0.2) is 5.82 Å². The van der Waals surface area contributed by atoms with Gasteiger partial charge in [0.1, 0.15) is 0 Å². The third-order valence-corrected chi connectivity index (χ3v) is 2.39. The van der Waals surface area contributed by atoms with Crippen molar-refractivity contribution in [1.82, 2.24) is 9.78 Å². The second-order valence-electron chi connectivity index (χ2n) is 3.76. The summed E-state index contributed by atoms with van der Waals surface area (Å²) in [7, 11) is 1.79. The van der Waals surface area contributed by atoms with E-state index in [-0.39, 0.29) is 11.4 Å². The summed E-state index contributed by atoms with van der Waals surface area (Å²) in [5.74, 6) is -0.653. The summed E-state index contributed by atoms with van der Waals surface area (Å²) >= 11 is 0. The van der Waals surface area contributed by atoms with E-state index in [2.05, 4.69) is 10.4 Å². The van der Waals surface area contributed by atoms with Crippen molar-refractivity contribution < 1.29 is 9.31 Å². The van der Waals surface area contributed by atoms with Crippen LogP contribution in [-0.2, 0) is 13.6 Å². The Balaban J connectivity index is 2.08. The van der Waals surface area contributed by atoms with Gasteiger partial charge in [0, 0.05) is 19.3 Å². The van der Waals surface area contributed by atoms with Gasteiger partial charge >= 0.3 is 0 Å². The van der Waals surface area contributed by atoms with Crippen LogP contribution in [0.15, 0.2) is 30.5 Å². The Morgan fingerprint density at radius 1 is 1.50 bits per heavy atom. The van der Waals surface area contributed by atoms with E-state index in [1.807, 2.05) is 0 Å². The molecule has 6 nitrogen and oxygen atoms in total. The molecule has 0 bridgehead atoms. The molecule has 1 N–H and O–H groups in total. The van der Waals surface area contributed by atoms with Crippen molar-refractivity contribution in [3.05, 3.63) is 52.1 Å². The van der Waals surface area contributed by atoms with Gasteiger partial charge in [0.2, 0.25) is 0 Å². The molecule has 2 aromatic rings. The van der Waals surface area contributed by atoms with Gasteiger partial charge in [-0.2, -0.15) is 5.10 Å². The number of nitro benzene ring substituents is 1. The van der Waals surface area contributed by atoms with Crippen LogP contribution in [-0.4, -0.2) is 14.7 Å². The standard InChI is InChI=1S/C11H11FN4O2/c1-15-5-4-8(14-15)7-13-11-3-2-9(16(17)18)6-10(11)12/h2-6,13H,7H2,1H3. The zero-order valence-corrected chi connectivity index (χ0v) is 9.63. The molecule has 0 fully saturated rings. The van der Waals surface area contributed by atoms with Crippen molar-refractivity contribution in [1.29, 1.82) is 0 Å². The highest BCUT2D eigenvalue weighted by Gasteiger charge is 2.10. The molecule has 1 aromatic carbocycles. The normalized spacial score (nSPS) is 10.3. The molecular formula is C11H11FN4O2. The minimum absolute atomic E-state index is 0.214. The van der Waals surface area contributed by atoms with Crippen molar-refractivity contribution in [2.45, 2.75) is 6.54 Å². The van der Waals surface area contributed by atoms with Crippen LogP contribution in [0.3, 0.4) is 0 Å². The molecule has 0 saturated heterocycles. The first kappa shape index (κ1) is 12.0. The number of aromatic nitrogens is 2. The largest absolute Gasteiger partial charge is 0.377 e. The molecule has 1 aromatic heterocycles. The predicted molar refractivity (Wildman–Crippen MR) is 63.6 cm³/mol. The van der Waals surface area contributed by atoms with Crippen LogP contribution in [0.5, 0.6) is 0 Å². The van der Waals surface area contributed by atoms with Crippen LogP contribution in [0.1, 0.15) is 5.69 Å². The van der Waals surface area contributed by atoms with Crippen LogP contribution < -0.4 is 5.32 Å². The van der Waals surface area contributed by atoms with Crippen LogP contribution in [0.25, 0.3) is 0 Å². The molecule has 0 atom stereocenters. The average molecular weight is 250 g/mol. The number of anilines is 1. The number of benzene rings is 1. The van der Waals surface area contributed by atoms with E-state index in [0.717, 1.165) is 11.8 Å². The molecule has 0 spiro atoms. The highest BCUT2D eigenvalue weighted by atomic mass is 19.1. The lowest BCUT2D eigenvalue weighted by molar-refractivity contribution is -0.385. The zero-order valence-electron chi connectivity index (χ0n) is 9.63. The Kier molecular flexibility index (Phi) is 3.22. The molecule has 0 saturated carbocycles. The van der Waals surface area contributed by atoms with Crippen LogP contribution >= 0.6 is 0 Å². The monoisotopic (exact) mass is 250 g/mol. The van der Waals surface area contributed by atoms with Crippen molar-refractivity contribution in [2.24, 2.45) is 7.05 Å². The summed E-state index contributed by atoms with van der Waals surface area (Å²) in [5, 5.41) is 17.4. The molecule has 2 rings (SSSR count). The van der Waals surface area contributed by atoms with E-state index < -0.39 is 10.7 Å². The van der Waals surface area contributed by atoms with E-state index >= 15 is 0 Å². The number of nitrogens with zero attached hydrogens (tertiary/aromatic N) is 3. The number of nitro groups is 1. The van der Waals surface area contributed by atoms with E-state index in [4.69, 9.17) is 0 Å². The summed E-state index contributed by atoms with van der Waals surface area (Å²) in [4.78, 5) is 9.82. The number of hydrogen-bond donors (Lipinski definition) is 1. The van der Waals surface area contributed by atoms with Gasteiger partial charge in [0.05, 0.1) is 28.9 Å². The summed E-state index contributed by atoms with van der Waals surface area (Å²) in [5.41, 5.74) is 0.706. The first-order chi connectivity index (χ1) is 8.56. The predicted octanol–water partition coefficient (Wildman–Crippen LogP) is 2.08. The Hall–Kier alpha value is -2.44. The maximum absolute atomic E-state index is 13.5. The van der Waals surface area contributed by atoms with Crippen molar-refractivity contribution in [3.63, 3.8) is 0 Å². The third kappa shape index (κ3) is 2.62. The average Bonchev–Trinajstić information content (AvgIpc) is 2.73. The van der Waals surface area contributed by atoms with E-state index in [9.17, 15) is 14.5 Å². The van der Waals surface area contributed by atoms with Gasteiger partial charge in [-0.25, -0.2) is 4.39 Å². The van der Waals surface area contributed by atoms with Crippen LogP contribution in [0.2, 0.25) is 0 Å².